The van der Waals surface area contributed by atoms with Gasteiger partial charge in [-0.05, 0) is 26.3 Å². The molecule has 5 nitrogen and oxygen atoms in total. The molecule has 0 aromatic carbocycles. The molecule has 3 unspecified atom stereocenters. The Morgan fingerprint density at radius 1 is 1.05 bits per heavy atom. The highest BCUT2D eigenvalue weighted by Crippen LogP contribution is 2.35. The van der Waals surface area contributed by atoms with Crippen LogP contribution in [-0.2, 0) is 4.79 Å². The SMILES string of the molecule is CN1CCN(CC(=O)N2CCC(O)C3CCCCC32)CC1. The fraction of sp³-hybridized carbons (Fsp3) is 0.938. The first-order valence-electron chi connectivity index (χ1n) is 8.53. The third kappa shape index (κ3) is 3.41. The molecular weight excluding hydrogens is 266 g/mol. The van der Waals surface area contributed by atoms with Crippen LogP contribution in [0.5, 0.6) is 0 Å². The van der Waals surface area contributed by atoms with Crippen LogP contribution in [0.1, 0.15) is 32.1 Å². The molecule has 0 radical (unpaired) electrons. The maximum absolute atomic E-state index is 12.7. The molecule has 1 saturated carbocycles. The molecule has 2 aliphatic heterocycles. The summed E-state index contributed by atoms with van der Waals surface area (Å²) in [6, 6.07) is 0.294. The summed E-state index contributed by atoms with van der Waals surface area (Å²) < 4.78 is 0. The van der Waals surface area contributed by atoms with Crippen LogP contribution >= 0.6 is 0 Å². The Bertz CT molecular complexity index is 369. The van der Waals surface area contributed by atoms with E-state index in [1.54, 1.807) is 0 Å². The molecule has 21 heavy (non-hydrogen) atoms. The van der Waals surface area contributed by atoms with Gasteiger partial charge in [-0.1, -0.05) is 12.8 Å². The first kappa shape index (κ1) is 15.3. The molecule has 1 amide bonds. The standard InChI is InChI=1S/C16H29N3O2/c1-17-8-10-18(11-9-17)12-16(21)19-7-6-15(20)13-4-2-3-5-14(13)19/h13-15,20H,2-12H2,1H3. The summed E-state index contributed by atoms with van der Waals surface area (Å²) in [5, 5.41) is 10.2. The average molecular weight is 295 g/mol. The zero-order valence-electron chi connectivity index (χ0n) is 13.2. The smallest absolute Gasteiger partial charge is 0.237 e. The van der Waals surface area contributed by atoms with Crippen molar-refractivity contribution in [1.29, 1.82) is 0 Å². The van der Waals surface area contributed by atoms with E-state index in [1.165, 1.54) is 12.8 Å². The highest BCUT2D eigenvalue weighted by molar-refractivity contribution is 5.78. The van der Waals surface area contributed by atoms with Gasteiger partial charge in [-0.25, -0.2) is 0 Å². The van der Waals surface area contributed by atoms with Gasteiger partial charge in [0, 0.05) is 44.7 Å². The van der Waals surface area contributed by atoms with Crippen LogP contribution < -0.4 is 0 Å². The molecule has 0 aromatic rings. The lowest BCUT2D eigenvalue weighted by atomic mass is 9.76. The number of carbonyl (C=O) groups is 1. The summed E-state index contributed by atoms with van der Waals surface area (Å²) in [7, 11) is 2.14. The summed E-state index contributed by atoms with van der Waals surface area (Å²) in [6.45, 7) is 5.40. The Kier molecular flexibility index (Phi) is 4.82. The van der Waals surface area contributed by atoms with E-state index in [9.17, 15) is 9.90 Å². The van der Waals surface area contributed by atoms with Crippen molar-refractivity contribution in [2.45, 2.75) is 44.2 Å². The molecule has 1 aliphatic carbocycles. The second-order valence-electron chi connectivity index (χ2n) is 7.04. The van der Waals surface area contributed by atoms with E-state index in [0.29, 0.717) is 18.5 Å². The van der Waals surface area contributed by atoms with Gasteiger partial charge in [-0.15, -0.1) is 0 Å². The highest BCUT2D eigenvalue weighted by atomic mass is 16.3. The van der Waals surface area contributed by atoms with Crippen molar-refractivity contribution in [1.82, 2.24) is 14.7 Å². The number of amides is 1. The second-order valence-corrected chi connectivity index (χ2v) is 7.04. The van der Waals surface area contributed by atoms with Gasteiger partial charge in [0.15, 0.2) is 0 Å². The van der Waals surface area contributed by atoms with E-state index in [1.807, 2.05) is 0 Å². The molecule has 3 rings (SSSR count). The number of aliphatic hydroxyl groups excluding tert-OH is 1. The Morgan fingerprint density at radius 3 is 2.52 bits per heavy atom. The Morgan fingerprint density at radius 2 is 1.76 bits per heavy atom. The molecule has 2 heterocycles. The van der Waals surface area contributed by atoms with Crippen molar-refractivity contribution in [3.8, 4) is 0 Å². The molecule has 0 bridgehead atoms. The van der Waals surface area contributed by atoms with E-state index in [2.05, 4.69) is 21.7 Å². The van der Waals surface area contributed by atoms with Crippen LogP contribution in [-0.4, -0.2) is 84.2 Å². The Balaban J connectivity index is 1.58. The summed E-state index contributed by atoms with van der Waals surface area (Å²) in [4.78, 5) is 19.4. The van der Waals surface area contributed by atoms with Gasteiger partial charge in [-0.3, -0.25) is 9.69 Å². The molecule has 0 spiro atoms. The molecule has 3 fully saturated rings. The highest BCUT2D eigenvalue weighted by Gasteiger charge is 2.40. The van der Waals surface area contributed by atoms with Crippen molar-refractivity contribution < 1.29 is 9.90 Å². The maximum Gasteiger partial charge on any atom is 0.237 e. The second kappa shape index (κ2) is 6.63. The molecule has 120 valence electrons. The number of fused-ring (bicyclic) bond motifs is 1. The minimum atomic E-state index is -0.192. The van der Waals surface area contributed by atoms with Gasteiger partial charge in [-0.2, -0.15) is 0 Å². The summed E-state index contributed by atoms with van der Waals surface area (Å²) in [5.74, 6) is 0.604. The first-order chi connectivity index (χ1) is 10.1. The molecule has 2 saturated heterocycles. The number of carbonyl (C=O) groups excluding carboxylic acids is 1. The number of piperazine rings is 1. The third-order valence-electron chi connectivity index (χ3n) is 5.62. The molecule has 0 aromatic heterocycles. The molecule has 1 N–H and O–H groups in total. The molecular formula is C16H29N3O2. The van der Waals surface area contributed by atoms with Gasteiger partial charge in [0.1, 0.15) is 0 Å². The lowest BCUT2D eigenvalue weighted by molar-refractivity contribution is -0.143. The lowest BCUT2D eigenvalue weighted by Gasteiger charge is -2.47. The van der Waals surface area contributed by atoms with Crippen LogP contribution in [0.15, 0.2) is 0 Å². The quantitative estimate of drug-likeness (QED) is 0.800. The minimum absolute atomic E-state index is 0.192. The topological polar surface area (TPSA) is 47.0 Å². The number of hydrogen-bond donors (Lipinski definition) is 1. The third-order valence-corrected chi connectivity index (χ3v) is 5.62. The summed E-state index contributed by atoms with van der Waals surface area (Å²) >= 11 is 0. The molecule has 3 aliphatic rings. The van der Waals surface area contributed by atoms with Gasteiger partial charge >= 0.3 is 0 Å². The van der Waals surface area contributed by atoms with Gasteiger partial charge in [0.25, 0.3) is 0 Å². The average Bonchev–Trinajstić information content (AvgIpc) is 2.50. The zero-order valence-corrected chi connectivity index (χ0v) is 13.2. The van der Waals surface area contributed by atoms with Crippen molar-refractivity contribution in [2.75, 3.05) is 46.3 Å². The largest absolute Gasteiger partial charge is 0.393 e. The fourth-order valence-electron chi connectivity index (χ4n) is 4.22. The van der Waals surface area contributed by atoms with Gasteiger partial charge in [0.05, 0.1) is 12.6 Å². The van der Waals surface area contributed by atoms with E-state index >= 15 is 0 Å². The van der Waals surface area contributed by atoms with Crippen molar-refractivity contribution in [3.05, 3.63) is 0 Å². The number of hydrogen-bond acceptors (Lipinski definition) is 4. The Hall–Kier alpha value is -0.650. The number of likely N-dealkylation sites (N-methyl/N-ethyl adjacent to an activating group) is 1. The Labute approximate surface area is 127 Å². The van der Waals surface area contributed by atoms with E-state index in [4.69, 9.17) is 0 Å². The summed E-state index contributed by atoms with van der Waals surface area (Å²) in [6.07, 6.45) is 5.14. The lowest BCUT2D eigenvalue weighted by Crippen LogP contribution is -2.57. The van der Waals surface area contributed by atoms with Crippen molar-refractivity contribution >= 4 is 5.91 Å². The van der Waals surface area contributed by atoms with Crippen LogP contribution in [0.25, 0.3) is 0 Å². The van der Waals surface area contributed by atoms with Crippen LogP contribution in [0.2, 0.25) is 0 Å². The van der Waals surface area contributed by atoms with Crippen molar-refractivity contribution in [3.63, 3.8) is 0 Å². The van der Waals surface area contributed by atoms with E-state index in [-0.39, 0.29) is 12.0 Å². The van der Waals surface area contributed by atoms with Crippen molar-refractivity contribution in [2.24, 2.45) is 5.92 Å². The predicted molar refractivity (Wildman–Crippen MR) is 82.0 cm³/mol. The number of likely N-dealkylation sites (tertiary alicyclic amines) is 1. The minimum Gasteiger partial charge on any atom is -0.393 e. The fourth-order valence-corrected chi connectivity index (χ4v) is 4.22. The van der Waals surface area contributed by atoms with Gasteiger partial charge < -0.3 is 14.9 Å². The maximum atomic E-state index is 12.7. The molecule has 3 atom stereocenters. The zero-order chi connectivity index (χ0) is 14.8. The normalized spacial score (nSPS) is 35.5. The number of aliphatic hydroxyl groups is 1. The first-order valence-corrected chi connectivity index (χ1v) is 8.53. The molecule has 5 heteroatoms. The van der Waals surface area contributed by atoms with E-state index in [0.717, 1.165) is 52.0 Å². The summed E-state index contributed by atoms with van der Waals surface area (Å²) in [5.41, 5.74) is 0. The number of piperidine rings is 1. The van der Waals surface area contributed by atoms with Crippen LogP contribution in [0.3, 0.4) is 0 Å². The monoisotopic (exact) mass is 295 g/mol. The van der Waals surface area contributed by atoms with E-state index < -0.39 is 0 Å². The predicted octanol–water partition coefficient (Wildman–Crippen LogP) is 0.386. The number of nitrogens with zero attached hydrogens (tertiary/aromatic N) is 3. The van der Waals surface area contributed by atoms with Gasteiger partial charge in [0.2, 0.25) is 5.91 Å². The number of rotatable bonds is 2. The van der Waals surface area contributed by atoms with Crippen LogP contribution in [0.4, 0.5) is 0 Å². The van der Waals surface area contributed by atoms with Crippen LogP contribution in [0, 0.1) is 5.92 Å².